The molecular weight excluding hydrogens is 355 g/mol. The maximum absolute atomic E-state index is 13.8. The number of carbonyl (C=O) groups is 1. The van der Waals surface area contributed by atoms with Gasteiger partial charge in [-0.25, -0.2) is 9.37 Å². The highest BCUT2D eigenvalue weighted by Gasteiger charge is 2.19. The van der Waals surface area contributed by atoms with Gasteiger partial charge in [0.15, 0.2) is 16.6 Å². The number of benzene rings is 2. The van der Waals surface area contributed by atoms with Gasteiger partial charge >= 0.3 is 0 Å². The number of carbonyl (C=O) groups excluding carboxylic acids is 1. The quantitative estimate of drug-likeness (QED) is 0.743. The summed E-state index contributed by atoms with van der Waals surface area (Å²) in [6, 6.07) is 7.65. The second kappa shape index (κ2) is 5.92. The maximum atomic E-state index is 13.8. The van der Waals surface area contributed by atoms with Crippen LogP contribution in [0.5, 0.6) is 11.5 Å². The number of anilines is 1. The van der Waals surface area contributed by atoms with Crippen LogP contribution < -0.4 is 14.8 Å². The summed E-state index contributed by atoms with van der Waals surface area (Å²) in [5.74, 6) is -0.0608. The summed E-state index contributed by atoms with van der Waals surface area (Å²) in [6.07, 6.45) is 0. The van der Waals surface area contributed by atoms with Crippen molar-refractivity contribution in [1.29, 1.82) is 0 Å². The number of amides is 1. The minimum atomic E-state index is -0.682. The van der Waals surface area contributed by atoms with Crippen LogP contribution in [0.25, 0.3) is 10.2 Å². The topological polar surface area (TPSA) is 60.5 Å². The normalized spacial score (nSPS) is 13.1. The van der Waals surface area contributed by atoms with Crippen molar-refractivity contribution in [2.45, 2.75) is 0 Å². The van der Waals surface area contributed by atoms with E-state index in [9.17, 15) is 9.18 Å². The molecule has 24 heavy (non-hydrogen) atoms. The Bertz CT molecular complexity index is 897. The molecule has 1 aromatic heterocycles. The Labute approximate surface area is 145 Å². The lowest BCUT2D eigenvalue weighted by Crippen LogP contribution is -2.15. The molecule has 0 spiro atoms. The van der Waals surface area contributed by atoms with Crippen LogP contribution in [0.4, 0.5) is 9.52 Å². The molecule has 0 aliphatic carbocycles. The Balaban J connectivity index is 1.66. The van der Waals surface area contributed by atoms with Crippen molar-refractivity contribution in [2.24, 2.45) is 0 Å². The van der Waals surface area contributed by atoms with Crippen molar-refractivity contribution in [3.05, 3.63) is 46.7 Å². The van der Waals surface area contributed by atoms with Gasteiger partial charge in [0.25, 0.3) is 5.91 Å². The molecule has 3 aromatic rings. The van der Waals surface area contributed by atoms with Crippen LogP contribution in [0.3, 0.4) is 0 Å². The average molecular weight is 365 g/mol. The SMILES string of the molecule is O=C(Nc1nc2cc3c(cc2s1)OCCO3)c1c(F)cccc1Cl. The van der Waals surface area contributed by atoms with Gasteiger partial charge in [0.1, 0.15) is 19.0 Å². The van der Waals surface area contributed by atoms with E-state index >= 15 is 0 Å². The molecular formula is C16H10ClFN2O3S. The van der Waals surface area contributed by atoms with Crippen LogP contribution >= 0.6 is 22.9 Å². The van der Waals surface area contributed by atoms with Crippen molar-refractivity contribution in [3.63, 3.8) is 0 Å². The largest absolute Gasteiger partial charge is 0.486 e. The summed E-state index contributed by atoms with van der Waals surface area (Å²) < 4.78 is 25.7. The summed E-state index contributed by atoms with van der Waals surface area (Å²) in [5, 5.41) is 2.97. The van der Waals surface area contributed by atoms with Gasteiger partial charge in [-0.05, 0) is 12.1 Å². The molecule has 0 bridgehead atoms. The van der Waals surface area contributed by atoms with E-state index in [-0.39, 0.29) is 10.6 Å². The van der Waals surface area contributed by atoms with E-state index in [0.717, 1.165) is 4.70 Å². The third-order valence-corrected chi connectivity index (χ3v) is 4.71. The molecule has 0 fully saturated rings. The Kier molecular flexibility index (Phi) is 3.74. The number of nitrogens with one attached hydrogen (secondary N) is 1. The molecule has 0 atom stereocenters. The Hall–Kier alpha value is -2.38. The number of thiazole rings is 1. The second-order valence-corrected chi connectivity index (χ2v) is 6.47. The molecule has 5 nitrogen and oxygen atoms in total. The first-order valence-corrected chi connectivity index (χ1v) is 8.27. The number of ether oxygens (including phenoxy) is 2. The molecule has 0 saturated heterocycles. The number of fused-ring (bicyclic) bond motifs is 2. The molecule has 8 heteroatoms. The van der Waals surface area contributed by atoms with E-state index < -0.39 is 11.7 Å². The van der Waals surface area contributed by atoms with E-state index in [4.69, 9.17) is 21.1 Å². The summed E-state index contributed by atoms with van der Waals surface area (Å²) in [4.78, 5) is 16.6. The summed E-state index contributed by atoms with van der Waals surface area (Å²) in [7, 11) is 0. The van der Waals surface area contributed by atoms with Crippen LogP contribution in [-0.2, 0) is 0 Å². The highest BCUT2D eigenvalue weighted by molar-refractivity contribution is 7.22. The lowest BCUT2D eigenvalue weighted by molar-refractivity contribution is 0.102. The van der Waals surface area contributed by atoms with Crippen LogP contribution in [-0.4, -0.2) is 24.1 Å². The lowest BCUT2D eigenvalue weighted by atomic mass is 10.2. The number of aromatic nitrogens is 1. The number of hydrogen-bond donors (Lipinski definition) is 1. The lowest BCUT2D eigenvalue weighted by Gasteiger charge is -2.17. The molecule has 122 valence electrons. The monoisotopic (exact) mass is 364 g/mol. The fraction of sp³-hybridized carbons (Fsp3) is 0.125. The molecule has 1 aliphatic rings. The zero-order valence-corrected chi connectivity index (χ0v) is 13.7. The number of nitrogens with zero attached hydrogens (tertiary/aromatic N) is 1. The zero-order valence-electron chi connectivity index (χ0n) is 12.1. The van der Waals surface area contributed by atoms with Crippen LogP contribution in [0.1, 0.15) is 10.4 Å². The molecule has 0 unspecified atom stereocenters. The molecule has 2 aromatic carbocycles. The van der Waals surface area contributed by atoms with Crippen molar-refractivity contribution in [3.8, 4) is 11.5 Å². The summed E-state index contributed by atoms with van der Waals surface area (Å²) >= 11 is 7.17. The molecule has 0 radical (unpaired) electrons. The predicted octanol–water partition coefficient (Wildman–Crippen LogP) is 4.11. The van der Waals surface area contributed by atoms with Crippen LogP contribution in [0, 0.1) is 5.82 Å². The predicted molar refractivity (Wildman–Crippen MR) is 90.0 cm³/mol. The van der Waals surface area contributed by atoms with Crippen molar-refractivity contribution in [2.75, 3.05) is 18.5 Å². The maximum Gasteiger partial charge on any atom is 0.261 e. The van der Waals surface area contributed by atoms with Gasteiger partial charge in [0, 0.05) is 12.1 Å². The van der Waals surface area contributed by atoms with Crippen molar-refractivity contribution >= 4 is 44.2 Å². The molecule has 1 amide bonds. The molecule has 4 rings (SSSR count). The van der Waals surface area contributed by atoms with Gasteiger partial charge in [-0.15, -0.1) is 0 Å². The summed E-state index contributed by atoms with van der Waals surface area (Å²) in [5.41, 5.74) is 0.462. The number of rotatable bonds is 2. The Morgan fingerprint density at radius 2 is 2.00 bits per heavy atom. The van der Waals surface area contributed by atoms with E-state index in [1.807, 2.05) is 6.07 Å². The van der Waals surface area contributed by atoms with Crippen LogP contribution in [0.2, 0.25) is 5.02 Å². The first kappa shape index (κ1) is 15.2. The highest BCUT2D eigenvalue weighted by atomic mass is 35.5. The smallest absolute Gasteiger partial charge is 0.261 e. The minimum Gasteiger partial charge on any atom is -0.486 e. The third kappa shape index (κ3) is 2.65. The standard InChI is InChI=1S/C16H10ClFN2O3S/c17-8-2-1-3-9(18)14(8)15(21)20-16-19-10-6-11-12(7-13(10)24-16)23-5-4-22-11/h1-3,6-7H,4-5H2,(H,19,20,21). The molecule has 2 heterocycles. The zero-order chi connectivity index (χ0) is 16.7. The minimum absolute atomic E-state index is 0.0471. The fourth-order valence-electron chi connectivity index (χ4n) is 2.39. The molecule has 0 saturated carbocycles. The van der Waals surface area contributed by atoms with E-state index in [0.29, 0.717) is 35.4 Å². The van der Waals surface area contributed by atoms with Gasteiger partial charge < -0.3 is 9.47 Å². The number of hydrogen-bond acceptors (Lipinski definition) is 5. The van der Waals surface area contributed by atoms with Gasteiger partial charge in [-0.1, -0.05) is 29.0 Å². The molecule has 1 aliphatic heterocycles. The van der Waals surface area contributed by atoms with Crippen molar-refractivity contribution < 1.29 is 18.7 Å². The van der Waals surface area contributed by atoms with E-state index in [1.54, 1.807) is 6.07 Å². The Morgan fingerprint density at radius 1 is 1.25 bits per heavy atom. The average Bonchev–Trinajstić information content (AvgIpc) is 2.93. The Morgan fingerprint density at radius 3 is 2.75 bits per heavy atom. The first-order valence-electron chi connectivity index (χ1n) is 7.07. The highest BCUT2D eigenvalue weighted by Crippen LogP contribution is 2.38. The third-order valence-electron chi connectivity index (χ3n) is 3.46. The fourth-order valence-corrected chi connectivity index (χ4v) is 3.51. The van der Waals surface area contributed by atoms with Gasteiger partial charge in [-0.3, -0.25) is 10.1 Å². The number of halogens is 2. The summed E-state index contributed by atoms with van der Waals surface area (Å²) in [6.45, 7) is 0.977. The van der Waals surface area contributed by atoms with Gasteiger partial charge in [-0.2, -0.15) is 0 Å². The van der Waals surface area contributed by atoms with Gasteiger partial charge in [0.05, 0.1) is 20.8 Å². The van der Waals surface area contributed by atoms with Crippen molar-refractivity contribution in [1.82, 2.24) is 4.98 Å². The van der Waals surface area contributed by atoms with Crippen LogP contribution in [0.15, 0.2) is 30.3 Å². The first-order chi connectivity index (χ1) is 11.6. The van der Waals surface area contributed by atoms with E-state index in [1.165, 1.54) is 29.5 Å². The second-order valence-electron chi connectivity index (χ2n) is 5.03. The molecule has 1 N–H and O–H groups in total. The van der Waals surface area contributed by atoms with E-state index in [2.05, 4.69) is 10.3 Å². The van der Waals surface area contributed by atoms with Gasteiger partial charge in [0.2, 0.25) is 0 Å².